The first-order valence-electron chi connectivity index (χ1n) is 8.01. The molecule has 0 radical (unpaired) electrons. The lowest BCUT2D eigenvalue weighted by atomic mass is 10.0. The minimum atomic E-state index is -0.937. The number of rotatable bonds is 3. The minimum Gasteiger partial charge on any atom is -0.465 e. The van der Waals surface area contributed by atoms with E-state index in [1.54, 1.807) is 13.1 Å². The number of anilines is 1. The van der Waals surface area contributed by atoms with Crippen LogP contribution in [0.25, 0.3) is 11.0 Å². The number of carboxylic acid groups (broad SMARTS) is 1. The number of aliphatic imine (C=N–C) groups is 1. The number of hydrogen-bond donors (Lipinski definition) is 4. The number of fused-ring (bicyclic) bond motifs is 1. The Hall–Kier alpha value is -3.10. The van der Waals surface area contributed by atoms with Gasteiger partial charge in [0.2, 0.25) is 0 Å². The summed E-state index contributed by atoms with van der Waals surface area (Å²) in [4.78, 5) is 36.0. The van der Waals surface area contributed by atoms with Crippen molar-refractivity contribution in [3.05, 3.63) is 24.0 Å². The van der Waals surface area contributed by atoms with E-state index in [-0.39, 0.29) is 11.9 Å². The van der Waals surface area contributed by atoms with E-state index >= 15 is 0 Å². The summed E-state index contributed by atoms with van der Waals surface area (Å²) in [7, 11) is 0. The maximum atomic E-state index is 12.4. The number of carbonyl (C=O) groups is 2. The molecule has 0 aromatic carbocycles. The summed E-state index contributed by atoms with van der Waals surface area (Å²) >= 11 is 0. The highest BCUT2D eigenvalue weighted by molar-refractivity contribution is 6.10. The maximum absolute atomic E-state index is 12.4. The molecule has 0 saturated carbocycles. The van der Waals surface area contributed by atoms with Crippen LogP contribution < -0.4 is 11.1 Å². The van der Waals surface area contributed by atoms with E-state index in [2.05, 4.69) is 20.3 Å². The first kappa shape index (κ1) is 16.7. The van der Waals surface area contributed by atoms with Gasteiger partial charge in [-0.3, -0.25) is 4.79 Å². The number of aromatic amines is 1. The standard InChI is InChI=1S/C16H20N6O3/c1-9(17)20-15(23)12-7-19-14-11(4-5-18-14)13(12)21-10-3-2-6-22(8-10)16(24)25/h4-5,7,10H,2-3,6,8H2,1H3,(H,24,25)(H2,17,20,23)(H2,18,19,21). The molecule has 0 bridgehead atoms. The second-order valence-electron chi connectivity index (χ2n) is 6.06. The lowest BCUT2D eigenvalue weighted by Gasteiger charge is -2.32. The number of pyridine rings is 1. The van der Waals surface area contributed by atoms with E-state index in [0.717, 1.165) is 18.2 Å². The summed E-state index contributed by atoms with van der Waals surface area (Å²) in [6.45, 7) is 2.42. The number of piperidine rings is 1. The van der Waals surface area contributed by atoms with Crippen molar-refractivity contribution in [2.24, 2.45) is 10.7 Å². The first-order chi connectivity index (χ1) is 12.0. The van der Waals surface area contributed by atoms with Crippen LogP contribution >= 0.6 is 0 Å². The molecule has 5 N–H and O–H groups in total. The molecule has 1 fully saturated rings. The van der Waals surface area contributed by atoms with Crippen molar-refractivity contribution >= 4 is 34.6 Å². The zero-order valence-corrected chi connectivity index (χ0v) is 13.8. The number of H-pyrrole nitrogens is 1. The van der Waals surface area contributed by atoms with Gasteiger partial charge in [-0.15, -0.1) is 0 Å². The Balaban J connectivity index is 1.96. The van der Waals surface area contributed by atoms with Gasteiger partial charge in [0, 0.05) is 36.9 Å². The number of likely N-dealkylation sites (tertiary alicyclic amines) is 1. The van der Waals surface area contributed by atoms with Gasteiger partial charge in [0.05, 0.1) is 11.3 Å². The third-order valence-corrected chi connectivity index (χ3v) is 4.14. The van der Waals surface area contributed by atoms with Crippen molar-refractivity contribution < 1.29 is 14.7 Å². The van der Waals surface area contributed by atoms with Crippen LogP contribution in [-0.4, -0.2) is 56.9 Å². The van der Waals surface area contributed by atoms with E-state index < -0.39 is 12.0 Å². The molecule has 9 nitrogen and oxygen atoms in total. The lowest BCUT2D eigenvalue weighted by Crippen LogP contribution is -2.44. The molecule has 1 saturated heterocycles. The molecule has 0 spiro atoms. The highest BCUT2D eigenvalue weighted by Gasteiger charge is 2.25. The highest BCUT2D eigenvalue weighted by Crippen LogP contribution is 2.28. The maximum Gasteiger partial charge on any atom is 0.407 e. The Morgan fingerprint density at radius 2 is 2.32 bits per heavy atom. The van der Waals surface area contributed by atoms with Crippen LogP contribution in [0.5, 0.6) is 0 Å². The van der Waals surface area contributed by atoms with Crippen LogP contribution in [0.2, 0.25) is 0 Å². The zero-order chi connectivity index (χ0) is 18.0. The number of aromatic nitrogens is 2. The fraction of sp³-hybridized carbons (Fsp3) is 0.375. The topological polar surface area (TPSA) is 137 Å². The largest absolute Gasteiger partial charge is 0.465 e. The summed E-state index contributed by atoms with van der Waals surface area (Å²) in [5.74, 6) is -0.316. The van der Waals surface area contributed by atoms with Gasteiger partial charge in [0.1, 0.15) is 11.5 Å². The molecule has 3 heterocycles. The summed E-state index contributed by atoms with van der Waals surface area (Å²) in [6, 6.07) is 1.72. The fourth-order valence-electron chi connectivity index (χ4n) is 3.02. The van der Waals surface area contributed by atoms with E-state index in [0.29, 0.717) is 30.0 Å². The number of nitrogens with two attached hydrogens (primary N) is 1. The van der Waals surface area contributed by atoms with Crippen molar-refractivity contribution in [1.29, 1.82) is 0 Å². The van der Waals surface area contributed by atoms with Crippen LogP contribution in [0.4, 0.5) is 10.5 Å². The second-order valence-corrected chi connectivity index (χ2v) is 6.06. The normalized spacial score (nSPS) is 18.4. The monoisotopic (exact) mass is 344 g/mol. The molecule has 0 aliphatic carbocycles. The molecule has 25 heavy (non-hydrogen) atoms. The number of carbonyl (C=O) groups excluding carboxylic acids is 1. The van der Waals surface area contributed by atoms with Crippen molar-refractivity contribution in [3.63, 3.8) is 0 Å². The van der Waals surface area contributed by atoms with E-state index in [4.69, 9.17) is 5.73 Å². The lowest BCUT2D eigenvalue weighted by molar-refractivity contribution is 0.100. The molecule has 1 unspecified atom stereocenters. The van der Waals surface area contributed by atoms with Crippen molar-refractivity contribution in [2.75, 3.05) is 18.4 Å². The Morgan fingerprint density at radius 3 is 3.04 bits per heavy atom. The Bertz CT molecular complexity index is 840. The Labute approximate surface area is 143 Å². The molecule has 1 atom stereocenters. The fourth-order valence-corrected chi connectivity index (χ4v) is 3.02. The molecular weight excluding hydrogens is 324 g/mol. The Kier molecular flexibility index (Phi) is 4.55. The molecule has 3 rings (SSSR count). The zero-order valence-electron chi connectivity index (χ0n) is 13.8. The predicted molar refractivity (Wildman–Crippen MR) is 94.0 cm³/mol. The van der Waals surface area contributed by atoms with Crippen LogP contribution in [-0.2, 0) is 0 Å². The Morgan fingerprint density at radius 1 is 1.52 bits per heavy atom. The number of amides is 2. The second kappa shape index (κ2) is 6.80. The summed E-state index contributed by atoms with van der Waals surface area (Å²) in [5.41, 5.74) is 7.06. The highest BCUT2D eigenvalue weighted by atomic mass is 16.4. The van der Waals surface area contributed by atoms with Gasteiger partial charge in [0.15, 0.2) is 0 Å². The van der Waals surface area contributed by atoms with Gasteiger partial charge in [0.25, 0.3) is 5.91 Å². The van der Waals surface area contributed by atoms with Crippen LogP contribution in [0.1, 0.15) is 30.1 Å². The van der Waals surface area contributed by atoms with Gasteiger partial charge < -0.3 is 26.0 Å². The van der Waals surface area contributed by atoms with E-state index in [1.165, 1.54) is 11.1 Å². The molecule has 2 aromatic heterocycles. The molecule has 132 valence electrons. The van der Waals surface area contributed by atoms with Gasteiger partial charge in [-0.2, -0.15) is 4.99 Å². The molecule has 1 aliphatic rings. The third kappa shape index (κ3) is 3.54. The average Bonchev–Trinajstić information content (AvgIpc) is 3.03. The number of amidine groups is 1. The van der Waals surface area contributed by atoms with Gasteiger partial charge in [-0.25, -0.2) is 9.78 Å². The molecule has 2 amide bonds. The third-order valence-electron chi connectivity index (χ3n) is 4.14. The van der Waals surface area contributed by atoms with Crippen LogP contribution in [0, 0.1) is 0 Å². The van der Waals surface area contributed by atoms with Crippen molar-refractivity contribution in [1.82, 2.24) is 14.9 Å². The van der Waals surface area contributed by atoms with E-state index in [9.17, 15) is 14.7 Å². The first-order valence-corrected chi connectivity index (χ1v) is 8.01. The van der Waals surface area contributed by atoms with Gasteiger partial charge in [-0.05, 0) is 25.8 Å². The van der Waals surface area contributed by atoms with E-state index in [1.807, 2.05) is 6.07 Å². The quantitative estimate of drug-likeness (QED) is 0.493. The number of hydrogen-bond acceptors (Lipinski definition) is 4. The molecule has 2 aromatic rings. The number of nitrogens with one attached hydrogen (secondary N) is 2. The predicted octanol–water partition coefficient (Wildman–Crippen LogP) is 1.63. The summed E-state index contributed by atoms with van der Waals surface area (Å²) in [6.07, 6.45) is 3.82. The summed E-state index contributed by atoms with van der Waals surface area (Å²) < 4.78 is 0. The smallest absolute Gasteiger partial charge is 0.407 e. The SMILES string of the molecule is CC(N)=NC(=O)c1cnc2[nH]ccc2c1NC1CCCN(C(=O)O)C1. The number of nitrogens with zero attached hydrogens (tertiary/aromatic N) is 3. The molecule has 1 aliphatic heterocycles. The van der Waals surface area contributed by atoms with Crippen LogP contribution in [0.3, 0.4) is 0 Å². The van der Waals surface area contributed by atoms with Crippen LogP contribution in [0.15, 0.2) is 23.5 Å². The van der Waals surface area contributed by atoms with Crippen molar-refractivity contribution in [2.45, 2.75) is 25.8 Å². The van der Waals surface area contributed by atoms with Gasteiger partial charge >= 0.3 is 6.09 Å². The van der Waals surface area contributed by atoms with Gasteiger partial charge in [-0.1, -0.05) is 0 Å². The minimum absolute atomic E-state index is 0.0974. The summed E-state index contributed by atoms with van der Waals surface area (Å²) in [5, 5.41) is 13.3. The molecular formula is C16H20N6O3. The average molecular weight is 344 g/mol. The van der Waals surface area contributed by atoms with Crippen molar-refractivity contribution in [3.8, 4) is 0 Å². The molecule has 9 heteroatoms.